The average molecular weight is 361 g/mol. The Kier molecular flexibility index (Phi) is 5.02. The molecule has 0 unspecified atom stereocenters. The van der Waals surface area contributed by atoms with Crippen LogP contribution in [0.4, 0.5) is 11.5 Å². The fraction of sp³-hybridized carbons (Fsp3) is 0.125. The summed E-state index contributed by atoms with van der Waals surface area (Å²) in [5.41, 5.74) is 1.78. The van der Waals surface area contributed by atoms with Crippen molar-refractivity contribution in [2.45, 2.75) is 6.42 Å². The Hall–Kier alpha value is -2.51. The monoisotopic (exact) mass is 360 g/mol. The van der Waals surface area contributed by atoms with Crippen molar-refractivity contribution in [3.8, 4) is 10.6 Å². The predicted octanol–water partition coefficient (Wildman–Crippen LogP) is 4.42. The van der Waals surface area contributed by atoms with Gasteiger partial charge in [-0.05, 0) is 12.1 Å². The van der Waals surface area contributed by atoms with Crippen LogP contribution in [0.3, 0.4) is 0 Å². The summed E-state index contributed by atoms with van der Waals surface area (Å²) >= 11 is 7.71. The van der Waals surface area contributed by atoms with Gasteiger partial charge in [0.25, 0.3) is 0 Å². The number of benzene rings is 1. The fourth-order valence-electron chi connectivity index (χ4n) is 2.17. The lowest BCUT2D eigenvalue weighted by Crippen LogP contribution is -2.08. The van der Waals surface area contributed by atoms with Crippen LogP contribution in [0.5, 0.6) is 0 Å². The molecule has 0 spiro atoms. The molecule has 0 radical (unpaired) electrons. The zero-order chi connectivity index (χ0) is 16.9. The van der Waals surface area contributed by atoms with Gasteiger partial charge in [0.05, 0.1) is 15.6 Å². The van der Waals surface area contributed by atoms with Crippen LogP contribution in [-0.4, -0.2) is 21.4 Å². The van der Waals surface area contributed by atoms with Crippen molar-refractivity contribution >= 4 is 34.4 Å². The van der Waals surface area contributed by atoms with Crippen LogP contribution in [0.15, 0.2) is 48.0 Å². The van der Waals surface area contributed by atoms with E-state index in [2.05, 4.69) is 15.3 Å². The minimum absolute atomic E-state index is 0.0347. The van der Waals surface area contributed by atoms with Gasteiger partial charge in [-0.15, -0.1) is 11.3 Å². The molecule has 0 amide bonds. The van der Waals surface area contributed by atoms with E-state index in [-0.39, 0.29) is 11.5 Å². The van der Waals surface area contributed by atoms with E-state index in [9.17, 15) is 10.1 Å². The molecule has 1 N–H and O–H groups in total. The van der Waals surface area contributed by atoms with E-state index in [4.69, 9.17) is 11.6 Å². The number of pyridine rings is 1. The van der Waals surface area contributed by atoms with Crippen molar-refractivity contribution in [3.63, 3.8) is 0 Å². The molecular formula is C16H13ClN4O2S. The van der Waals surface area contributed by atoms with Gasteiger partial charge in [-0.3, -0.25) is 10.1 Å². The second kappa shape index (κ2) is 7.37. The smallest absolute Gasteiger partial charge is 0.311 e. The SMILES string of the molecule is O=[N+]([O-])c1cccnc1NCCc1csc(-c2ccccc2Cl)n1. The van der Waals surface area contributed by atoms with Crippen LogP contribution in [-0.2, 0) is 6.42 Å². The third-order valence-electron chi connectivity index (χ3n) is 3.31. The molecule has 0 saturated heterocycles. The number of hydrogen-bond acceptors (Lipinski definition) is 6. The molecule has 0 aliphatic rings. The molecule has 0 aliphatic carbocycles. The summed E-state index contributed by atoms with van der Waals surface area (Å²) in [6.45, 7) is 0.504. The molecule has 6 nitrogen and oxygen atoms in total. The second-order valence-electron chi connectivity index (χ2n) is 4.93. The number of halogens is 1. The fourth-order valence-corrected chi connectivity index (χ4v) is 3.34. The molecule has 3 rings (SSSR count). The highest BCUT2D eigenvalue weighted by molar-refractivity contribution is 7.13. The highest BCUT2D eigenvalue weighted by Gasteiger charge is 2.13. The topological polar surface area (TPSA) is 81.0 Å². The maximum absolute atomic E-state index is 10.9. The number of nitrogens with zero attached hydrogens (tertiary/aromatic N) is 3. The van der Waals surface area contributed by atoms with Crippen LogP contribution < -0.4 is 5.32 Å². The number of anilines is 1. The van der Waals surface area contributed by atoms with Gasteiger partial charge >= 0.3 is 5.69 Å². The summed E-state index contributed by atoms with van der Waals surface area (Å²) in [6, 6.07) is 10.5. The molecule has 3 aromatic rings. The minimum atomic E-state index is -0.451. The summed E-state index contributed by atoms with van der Waals surface area (Å²) < 4.78 is 0. The van der Waals surface area contributed by atoms with Crippen molar-refractivity contribution < 1.29 is 4.92 Å². The summed E-state index contributed by atoms with van der Waals surface area (Å²) in [6.07, 6.45) is 2.16. The summed E-state index contributed by atoms with van der Waals surface area (Å²) in [5, 5.41) is 17.4. The van der Waals surface area contributed by atoms with Crippen molar-refractivity contribution in [3.05, 3.63) is 68.8 Å². The molecule has 1 aromatic carbocycles. The Bertz CT molecular complexity index is 869. The van der Waals surface area contributed by atoms with Crippen molar-refractivity contribution in [2.75, 3.05) is 11.9 Å². The first kappa shape index (κ1) is 16.4. The zero-order valence-electron chi connectivity index (χ0n) is 12.5. The van der Waals surface area contributed by atoms with Crippen molar-refractivity contribution in [1.29, 1.82) is 0 Å². The van der Waals surface area contributed by atoms with Gasteiger partial charge in [0.1, 0.15) is 5.01 Å². The average Bonchev–Trinajstić information content (AvgIpc) is 3.04. The molecule has 0 atom stereocenters. The van der Waals surface area contributed by atoms with E-state index in [1.165, 1.54) is 23.6 Å². The van der Waals surface area contributed by atoms with Gasteiger partial charge in [0, 0.05) is 36.2 Å². The van der Waals surface area contributed by atoms with Gasteiger partial charge in [0.2, 0.25) is 5.82 Å². The normalized spacial score (nSPS) is 10.5. The van der Waals surface area contributed by atoms with Gasteiger partial charge in [-0.1, -0.05) is 29.8 Å². The third kappa shape index (κ3) is 3.69. The summed E-state index contributed by atoms with van der Waals surface area (Å²) in [4.78, 5) is 19.1. The minimum Gasteiger partial charge on any atom is -0.364 e. The molecule has 0 fully saturated rings. The first-order valence-corrected chi connectivity index (χ1v) is 8.43. The van der Waals surface area contributed by atoms with E-state index in [1.54, 1.807) is 6.07 Å². The van der Waals surface area contributed by atoms with E-state index < -0.39 is 4.92 Å². The van der Waals surface area contributed by atoms with Gasteiger partial charge in [-0.2, -0.15) is 0 Å². The Labute approximate surface area is 147 Å². The maximum atomic E-state index is 10.9. The second-order valence-corrected chi connectivity index (χ2v) is 6.19. The Morgan fingerprint density at radius 2 is 2.08 bits per heavy atom. The van der Waals surface area contributed by atoms with E-state index in [1.807, 2.05) is 29.6 Å². The van der Waals surface area contributed by atoms with Gasteiger partial charge in [-0.25, -0.2) is 9.97 Å². The molecule has 24 heavy (non-hydrogen) atoms. The number of hydrogen-bond donors (Lipinski definition) is 1. The predicted molar refractivity (Wildman–Crippen MR) is 95.6 cm³/mol. The van der Waals surface area contributed by atoms with Crippen LogP contribution in [0.1, 0.15) is 5.69 Å². The molecule has 8 heteroatoms. The lowest BCUT2D eigenvalue weighted by atomic mass is 10.2. The third-order valence-corrected chi connectivity index (χ3v) is 4.57. The number of thiazole rings is 1. The van der Waals surface area contributed by atoms with Crippen LogP contribution in [0.25, 0.3) is 10.6 Å². The number of rotatable bonds is 6. The standard InChI is InChI=1S/C16H13ClN4O2S/c17-13-5-2-1-4-12(13)16-20-11(10-24-16)7-9-19-15-14(21(22)23)6-3-8-18-15/h1-6,8,10H,7,9H2,(H,18,19). The number of aromatic nitrogens is 2. The first-order valence-electron chi connectivity index (χ1n) is 7.18. The summed E-state index contributed by atoms with van der Waals surface area (Å²) in [5.74, 6) is 0.268. The molecule has 0 aliphatic heterocycles. The highest BCUT2D eigenvalue weighted by Crippen LogP contribution is 2.30. The summed E-state index contributed by atoms with van der Waals surface area (Å²) in [7, 11) is 0. The lowest BCUT2D eigenvalue weighted by molar-refractivity contribution is -0.384. The van der Waals surface area contributed by atoms with E-state index in [0.717, 1.165) is 16.3 Å². The largest absolute Gasteiger partial charge is 0.364 e. The highest BCUT2D eigenvalue weighted by atomic mass is 35.5. The molecular weight excluding hydrogens is 348 g/mol. The van der Waals surface area contributed by atoms with Crippen molar-refractivity contribution in [1.82, 2.24) is 9.97 Å². The molecule has 0 saturated carbocycles. The number of nitro groups is 1. The Balaban J connectivity index is 1.65. The van der Waals surface area contributed by atoms with E-state index in [0.29, 0.717) is 18.0 Å². The van der Waals surface area contributed by atoms with Crippen LogP contribution in [0.2, 0.25) is 5.02 Å². The molecule has 2 aromatic heterocycles. The zero-order valence-corrected chi connectivity index (χ0v) is 14.0. The molecule has 2 heterocycles. The van der Waals surface area contributed by atoms with Gasteiger partial charge in [0.15, 0.2) is 0 Å². The quantitative estimate of drug-likeness (QED) is 0.519. The molecule has 122 valence electrons. The van der Waals surface area contributed by atoms with Gasteiger partial charge < -0.3 is 5.32 Å². The van der Waals surface area contributed by atoms with Crippen molar-refractivity contribution in [2.24, 2.45) is 0 Å². The lowest BCUT2D eigenvalue weighted by Gasteiger charge is -2.04. The van der Waals surface area contributed by atoms with E-state index >= 15 is 0 Å². The first-order chi connectivity index (χ1) is 11.6. The van der Waals surface area contributed by atoms with Crippen LogP contribution in [0, 0.1) is 10.1 Å². The number of nitrogens with one attached hydrogen (secondary N) is 1. The molecule has 0 bridgehead atoms. The Morgan fingerprint density at radius 3 is 2.88 bits per heavy atom. The Morgan fingerprint density at radius 1 is 1.25 bits per heavy atom. The maximum Gasteiger partial charge on any atom is 0.311 e. The van der Waals surface area contributed by atoms with Crippen LogP contribution >= 0.6 is 22.9 Å².